The highest BCUT2D eigenvalue weighted by Gasteiger charge is 2.03. The number of benzene rings is 1. The lowest BCUT2D eigenvalue weighted by atomic mass is 10.3. The number of anilines is 1. The van der Waals surface area contributed by atoms with Gasteiger partial charge in [0, 0.05) is 13.0 Å². The van der Waals surface area contributed by atoms with Crippen LogP contribution in [0.25, 0.3) is 0 Å². The molecule has 0 saturated heterocycles. The molecule has 0 bridgehead atoms. The second-order valence-corrected chi connectivity index (χ2v) is 3.70. The Labute approximate surface area is 105 Å². The van der Waals surface area contributed by atoms with Crippen molar-refractivity contribution in [1.29, 1.82) is 0 Å². The first-order valence-electron chi connectivity index (χ1n) is 5.62. The topological polar surface area (TPSA) is 107 Å². The molecule has 0 atom stereocenters. The summed E-state index contributed by atoms with van der Waals surface area (Å²) >= 11 is 0. The molecular formula is C12H17N3O3. The Kier molecular flexibility index (Phi) is 5.50. The summed E-state index contributed by atoms with van der Waals surface area (Å²) in [6, 6.07) is 7.07. The summed E-state index contributed by atoms with van der Waals surface area (Å²) in [5.41, 5.74) is 11.2. The Hall–Kier alpha value is -2.24. The largest absolute Gasteiger partial charge is 0.491 e. The molecule has 6 nitrogen and oxygen atoms in total. The van der Waals surface area contributed by atoms with Gasteiger partial charge in [-0.1, -0.05) is 12.1 Å². The van der Waals surface area contributed by atoms with Gasteiger partial charge < -0.3 is 21.5 Å². The Balaban J connectivity index is 2.20. The van der Waals surface area contributed by atoms with Crippen LogP contribution in [-0.2, 0) is 9.59 Å². The van der Waals surface area contributed by atoms with Crippen molar-refractivity contribution in [2.24, 2.45) is 5.73 Å². The number of hydrogen-bond donors (Lipinski definition) is 3. The van der Waals surface area contributed by atoms with Crippen LogP contribution in [0.2, 0.25) is 0 Å². The van der Waals surface area contributed by atoms with Crippen molar-refractivity contribution in [3.8, 4) is 5.75 Å². The standard InChI is InChI=1S/C12H17N3O3/c13-9-3-1-2-4-10(9)18-8-6-12(17)15-7-5-11(14)16/h1-4H,5-8,13H2,(H2,14,16)(H,15,17). The zero-order valence-electron chi connectivity index (χ0n) is 10.0. The quantitative estimate of drug-likeness (QED) is 0.594. The van der Waals surface area contributed by atoms with Crippen LogP contribution >= 0.6 is 0 Å². The molecule has 0 unspecified atom stereocenters. The van der Waals surface area contributed by atoms with Crippen LogP contribution in [0.1, 0.15) is 12.8 Å². The zero-order valence-corrected chi connectivity index (χ0v) is 10.0. The van der Waals surface area contributed by atoms with Crippen molar-refractivity contribution in [2.45, 2.75) is 12.8 Å². The number of nitrogen functional groups attached to an aromatic ring is 1. The average molecular weight is 251 g/mol. The summed E-state index contributed by atoms with van der Waals surface area (Å²) in [6.45, 7) is 0.484. The third-order valence-electron chi connectivity index (χ3n) is 2.20. The lowest BCUT2D eigenvalue weighted by Gasteiger charge is -2.08. The summed E-state index contributed by atoms with van der Waals surface area (Å²) in [5.74, 6) is -0.0724. The van der Waals surface area contributed by atoms with Crippen molar-refractivity contribution < 1.29 is 14.3 Å². The predicted molar refractivity (Wildman–Crippen MR) is 67.8 cm³/mol. The average Bonchev–Trinajstić information content (AvgIpc) is 2.31. The Morgan fingerprint density at radius 3 is 2.61 bits per heavy atom. The fourth-order valence-electron chi connectivity index (χ4n) is 1.28. The lowest BCUT2D eigenvalue weighted by molar-refractivity contribution is -0.121. The first kappa shape index (κ1) is 13.8. The van der Waals surface area contributed by atoms with Gasteiger partial charge in [0.15, 0.2) is 0 Å². The van der Waals surface area contributed by atoms with Gasteiger partial charge in [0.05, 0.1) is 18.7 Å². The van der Waals surface area contributed by atoms with E-state index in [0.717, 1.165) is 0 Å². The number of nitrogens with one attached hydrogen (secondary N) is 1. The third-order valence-corrected chi connectivity index (χ3v) is 2.20. The normalized spacial score (nSPS) is 9.78. The molecule has 0 aliphatic carbocycles. The Bertz CT molecular complexity index is 421. The molecule has 0 aliphatic rings. The molecule has 0 radical (unpaired) electrons. The van der Waals surface area contributed by atoms with Crippen LogP contribution in [-0.4, -0.2) is 25.0 Å². The summed E-state index contributed by atoms with van der Waals surface area (Å²) in [6.07, 6.45) is 0.339. The van der Waals surface area contributed by atoms with Crippen LogP contribution in [0.4, 0.5) is 5.69 Å². The van der Waals surface area contributed by atoms with Crippen molar-refractivity contribution >= 4 is 17.5 Å². The number of primary amides is 1. The van der Waals surface area contributed by atoms with Crippen LogP contribution in [0.3, 0.4) is 0 Å². The van der Waals surface area contributed by atoms with Crippen molar-refractivity contribution in [2.75, 3.05) is 18.9 Å². The van der Waals surface area contributed by atoms with Gasteiger partial charge in [-0.3, -0.25) is 9.59 Å². The summed E-state index contributed by atoms with van der Waals surface area (Å²) in [7, 11) is 0. The van der Waals surface area contributed by atoms with Gasteiger partial charge in [-0.15, -0.1) is 0 Å². The summed E-state index contributed by atoms with van der Waals surface area (Å²) in [5, 5.41) is 2.56. The number of para-hydroxylation sites is 2. The molecule has 0 spiro atoms. The maximum absolute atomic E-state index is 11.3. The number of rotatable bonds is 7. The van der Waals surface area contributed by atoms with Crippen LogP contribution in [0, 0.1) is 0 Å². The predicted octanol–water partition coefficient (Wildman–Crippen LogP) is 0.0293. The zero-order chi connectivity index (χ0) is 13.4. The van der Waals surface area contributed by atoms with E-state index in [9.17, 15) is 9.59 Å². The Morgan fingerprint density at radius 2 is 1.94 bits per heavy atom. The Morgan fingerprint density at radius 1 is 1.22 bits per heavy atom. The van der Waals surface area contributed by atoms with Crippen molar-refractivity contribution in [3.05, 3.63) is 24.3 Å². The van der Waals surface area contributed by atoms with E-state index >= 15 is 0 Å². The second kappa shape index (κ2) is 7.16. The molecule has 0 aromatic heterocycles. The number of nitrogens with two attached hydrogens (primary N) is 2. The van der Waals surface area contributed by atoms with E-state index in [4.69, 9.17) is 16.2 Å². The molecule has 0 fully saturated rings. The molecule has 18 heavy (non-hydrogen) atoms. The number of carbonyl (C=O) groups excluding carboxylic acids is 2. The first-order valence-corrected chi connectivity index (χ1v) is 5.62. The molecular weight excluding hydrogens is 234 g/mol. The van der Waals surface area contributed by atoms with E-state index in [1.165, 1.54) is 0 Å². The van der Waals surface area contributed by atoms with Crippen molar-refractivity contribution in [3.63, 3.8) is 0 Å². The summed E-state index contributed by atoms with van der Waals surface area (Å²) in [4.78, 5) is 21.8. The molecule has 1 rings (SSSR count). The smallest absolute Gasteiger partial charge is 0.223 e. The third kappa shape index (κ3) is 5.20. The minimum Gasteiger partial charge on any atom is -0.491 e. The molecule has 98 valence electrons. The molecule has 0 saturated carbocycles. The fraction of sp³-hybridized carbons (Fsp3) is 0.333. The molecule has 0 aliphatic heterocycles. The maximum Gasteiger partial charge on any atom is 0.223 e. The number of amides is 2. The fourth-order valence-corrected chi connectivity index (χ4v) is 1.28. The van der Waals surface area contributed by atoms with Crippen LogP contribution < -0.4 is 21.5 Å². The van der Waals surface area contributed by atoms with Gasteiger partial charge in [0.1, 0.15) is 5.75 Å². The van der Waals surface area contributed by atoms with Gasteiger partial charge in [0.2, 0.25) is 11.8 Å². The van der Waals surface area contributed by atoms with E-state index in [1.54, 1.807) is 24.3 Å². The van der Waals surface area contributed by atoms with Gasteiger partial charge in [-0.2, -0.15) is 0 Å². The number of carbonyl (C=O) groups is 2. The maximum atomic E-state index is 11.3. The van der Waals surface area contributed by atoms with Crippen LogP contribution in [0.5, 0.6) is 5.75 Å². The van der Waals surface area contributed by atoms with Gasteiger partial charge in [-0.05, 0) is 12.1 Å². The molecule has 0 heterocycles. The molecule has 5 N–H and O–H groups in total. The SMILES string of the molecule is NC(=O)CCNC(=O)CCOc1ccccc1N. The van der Waals surface area contributed by atoms with Gasteiger partial charge in [-0.25, -0.2) is 0 Å². The van der Waals surface area contributed by atoms with E-state index in [-0.39, 0.29) is 31.9 Å². The molecule has 2 amide bonds. The highest BCUT2D eigenvalue weighted by atomic mass is 16.5. The number of hydrogen-bond acceptors (Lipinski definition) is 4. The van der Waals surface area contributed by atoms with Crippen molar-refractivity contribution in [1.82, 2.24) is 5.32 Å². The van der Waals surface area contributed by atoms with E-state index in [0.29, 0.717) is 11.4 Å². The molecule has 6 heteroatoms. The van der Waals surface area contributed by atoms with Crippen LogP contribution in [0.15, 0.2) is 24.3 Å². The highest BCUT2D eigenvalue weighted by Crippen LogP contribution is 2.19. The van der Waals surface area contributed by atoms with Gasteiger partial charge in [0.25, 0.3) is 0 Å². The minimum atomic E-state index is -0.441. The minimum absolute atomic E-state index is 0.137. The van der Waals surface area contributed by atoms with E-state index in [1.807, 2.05) is 0 Å². The molecule has 1 aromatic rings. The highest BCUT2D eigenvalue weighted by molar-refractivity contribution is 5.78. The number of ether oxygens (including phenoxy) is 1. The van der Waals surface area contributed by atoms with Gasteiger partial charge >= 0.3 is 0 Å². The lowest BCUT2D eigenvalue weighted by Crippen LogP contribution is -2.28. The molecule has 1 aromatic carbocycles. The summed E-state index contributed by atoms with van der Waals surface area (Å²) < 4.78 is 5.36. The monoisotopic (exact) mass is 251 g/mol. The first-order chi connectivity index (χ1) is 8.59. The van der Waals surface area contributed by atoms with E-state index < -0.39 is 5.91 Å². The second-order valence-electron chi connectivity index (χ2n) is 3.70. The van der Waals surface area contributed by atoms with E-state index in [2.05, 4.69) is 5.32 Å².